The number of hydrogen-bond acceptors (Lipinski definition) is 8. The largest absolute Gasteiger partial charge is 0.493 e. The van der Waals surface area contributed by atoms with Gasteiger partial charge in [-0.05, 0) is 31.2 Å². The average molecular weight is 417 g/mol. The highest BCUT2D eigenvalue weighted by atomic mass is 16.5. The molecule has 0 fully saturated rings. The molecule has 8 nitrogen and oxygen atoms in total. The molecule has 2 aromatic carbocycles. The third-order valence-corrected chi connectivity index (χ3v) is 4.65. The van der Waals surface area contributed by atoms with Crippen LogP contribution in [0.5, 0.6) is 17.2 Å². The summed E-state index contributed by atoms with van der Waals surface area (Å²) < 4.78 is 16.2. The van der Waals surface area contributed by atoms with Gasteiger partial charge in [0.1, 0.15) is 5.82 Å². The van der Waals surface area contributed by atoms with Crippen LogP contribution in [-0.2, 0) is 0 Å². The Morgan fingerprint density at radius 2 is 1.55 bits per heavy atom. The zero-order valence-corrected chi connectivity index (χ0v) is 17.8. The van der Waals surface area contributed by atoms with Gasteiger partial charge in [0, 0.05) is 46.9 Å². The lowest BCUT2D eigenvalue weighted by atomic mass is 10.2. The molecule has 0 unspecified atom stereocenters. The molecular weight excluding hydrogens is 394 g/mol. The van der Waals surface area contributed by atoms with Crippen LogP contribution in [0, 0.1) is 6.92 Å². The zero-order chi connectivity index (χ0) is 21.8. The van der Waals surface area contributed by atoms with Crippen LogP contribution < -0.4 is 24.8 Å². The Balaban J connectivity index is 1.62. The van der Waals surface area contributed by atoms with E-state index in [0.29, 0.717) is 29.0 Å². The van der Waals surface area contributed by atoms with Crippen LogP contribution in [0.4, 0.5) is 23.1 Å². The number of anilines is 4. The van der Waals surface area contributed by atoms with E-state index in [-0.39, 0.29) is 0 Å². The predicted octanol–water partition coefficient (Wildman–Crippen LogP) is 4.85. The van der Waals surface area contributed by atoms with Crippen LogP contribution in [0.25, 0.3) is 10.9 Å². The van der Waals surface area contributed by atoms with Gasteiger partial charge in [0.2, 0.25) is 11.7 Å². The third kappa shape index (κ3) is 4.42. The Labute approximate surface area is 180 Å². The van der Waals surface area contributed by atoms with Crippen molar-refractivity contribution in [3.63, 3.8) is 0 Å². The molecule has 0 amide bonds. The molecular formula is C23H23N5O3. The number of benzene rings is 2. The molecule has 0 saturated heterocycles. The molecule has 0 aliphatic rings. The lowest BCUT2D eigenvalue weighted by Crippen LogP contribution is -2.03. The van der Waals surface area contributed by atoms with Gasteiger partial charge >= 0.3 is 0 Å². The number of nitrogens with one attached hydrogen (secondary N) is 2. The molecule has 2 heterocycles. The molecule has 0 atom stereocenters. The summed E-state index contributed by atoms with van der Waals surface area (Å²) in [5.74, 6) is 2.75. The summed E-state index contributed by atoms with van der Waals surface area (Å²) in [4.78, 5) is 13.4. The van der Waals surface area contributed by atoms with Gasteiger partial charge in [-0.25, -0.2) is 4.98 Å². The molecule has 2 aromatic heterocycles. The minimum atomic E-state index is 0.484. The summed E-state index contributed by atoms with van der Waals surface area (Å²) in [6.45, 7) is 1.91. The number of ether oxygens (including phenoxy) is 3. The average Bonchev–Trinajstić information content (AvgIpc) is 2.77. The van der Waals surface area contributed by atoms with Crippen LogP contribution in [0.15, 0.2) is 54.7 Å². The van der Waals surface area contributed by atoms with Crippen molar-refractivity contribution in [2.45, 2.75) is 6.92 Å². The first kappa shape index (κ1) is 20.2. The second-order valence-electron chi connectivity index (χ2n) is 6.79. The number of aromatic nitrogens is 3. The summed E-state index contributed by atoms with van der Waals surface area (Å²) in [7, 11) is 4.73. The van der Waals surface area contributed by atoms with Crippen molar-refractivity contribution in [2.75, 3.05) is 32.0 Å². The predicted molar refractivity (Wildman–Crippen MR) is 121 cm³/mol. The first-order valence-electron chi connectivity index (χ1n) is 9.64. The standard InChI is InChI=1S/C23H23N5O3/c1-14-10-21(26-17-12-19(29-2)22(31-4)20(13-17)30-3)28-23(25-14)27-16-7-8-18-15(11-16)6-5-9-24-18/h5-13H,1-4H3,(H2,25,26,27,28). The van der Waals surface area contributed by atoms with Gasteiger partial charge in [0.05, 0.1) is 26.8 Å². The van der Waals surface area contributed by atoms with E-state index in [9.17, 15) is 0 Å². The zero-order valence-electron chi connectivity index (χ0n) is 17.8. The third-order valence-electron chi connectivity index (χ3n) is 4.65. The first-order valence-corrected chi connectivity index (χ1v) is 9.64. The molecule has 0 saturated carbocycles. The van der Waals surface area contributed by atoms with E-state index in [1.807, 2.05) is 55.5 Å². The van der Waals surface area contributed by atoms with Crippen molar-refractivity contribution in [1.29, 1.82) is 0 Å². The highest BCUT2D eigenvalue weighted by Gasteiger charge is 2.14. The Hall–Kier alpha value is -4.07. The van der Waals surface area contributed by atoms with Crippen molar-refractivity contribution in [1.82, 2.24) is 15.0 Å². The van der Waals surface area contributed by atoms with Crippen molar-refractivity contribution in [2.24, 2.45) is 0 Å². The Morgan fingerprint density at radius 3 is 2.26 bits per heavy atom. The summed E-state index contributed by atoms with van der Waals surface area (Å²) in [5.41, 5.74) is 3.37. The fraction of sp³-hybridized carbons (Fsp3) is 0.174. The van der Waals surface area contributed by atoms with Crippen LogP contribution in [-0.4, -0.2) is 36.3 Å². The van der Waals surface area contributed by atoms with Gasteiger partial charge in [0.25, 0.3) is 0 Å². The van der Waals surface area contributed by atoms with E-state index < -0.39 is 0 Å². The molecule has 0 bridgehead atoms. The van der Waals surface area contributed by atoms with Crippen LogP contribution in [0.1, 0.15) is 5.69 Å². The fourth-order valence-corrected chi connectivity index (χ4v) is 3.27. The number of pyridine rings is 1. The van der Waals surface area contributed by atoms with Gasteiger partial charge in [-0.2, -0.15) is 4.98 Å². The number of rotatable bonds is 7. The summed E-state index contributed by atoms with van der Waals surface area (Å²) in [6, 6.07) is 15.4. The summed E-state index contributed by atoms with van der Waals surface area (Å²) >= 11 is 0. The smallest absolute Gasteiger partial charge is 0.229 e. The molecule has 4 rings (SSSR count). The van der Waals surface area contributed by atoms with Crippen molar-refractivity contribution >= 4 is 34.0 Å². The highest BCUT2D eigenvalue weighted by molar-refractivity contribution is 5.82. The molecule has 31 heavy (non-hydrogen) atoms. The number of hydrogen-bond donors (Lipinski definition) is 2. The van der Waals surface area contributed by atoms with Crippen molar-refractivity contribution in [3.8, 4) is 17.2 Å². The van der Waals surface area contributed by atoms with Gasteiger partial charge in [-0.3, -0.25) is 4.98 Å². The lowest BCUT2D eigenvalue weighted by Gasteiger charge is -2.15. The topological polar surface area (TPSA) is 90.4 Å². The van der Waals surface area contributed by atoms with E-state index in [4.69, 9.17) is 14.2 Å². The van der Waals surface area contributed by atoms with Crippen molar-refractivity contribution < 1.29 is 14.2 Å². The maximum absolute atomic E-state index is 5.42. The van der Waals surface area contributed by atoms with Crippen LogP contribution in [0.3, 0.4) is 0 Å². The molecule has 2 N–H and O–H groups in total. The second-order valence-corrected chi connectivity index (χ2v) is 6.79. The van der Waals surface area contributed by atoms with E-state index in [1.54, 1.807) is 27.5 Å². The lowest BCUT2D eigenvalue weighted by molar-refractivity contribution is 0.324. The maximum atomic E-state index is 5.42. The summed E-state index contributed by atoms with van der Waals surface area (Å²) in [6.07, 6.45) is 1.78. The van der Waals surface area contributed by atoms with E-state index >= 15 is 0 Å². The SMILES string of the molecule is COc1cc(Nc2cc(C)nc(Nc3ccc4ncccc4c3)n2)cc(OC)c1OC. The Kier molecular flexibility index (Phi) is 5.70. The fourth-order valence-electron chi connectivity index (χ4n) is 3.27. The molecule has 0 aliphatic carbocycles. The number of aryl methyl sites for hydroxylation is 1. The molecule has 4 aromatic rings. The molecule has 158 valence electrons. The van der Waals surface area contributed by atoms with E-state index in [2.05, 4.69) is 25.6 Å². The van der Waals surface area contributed by atoms with E-state index in [0.717, 1.165) is 28.0 Å². The van der Waals surface area contributed by atoms with Gasteiger partial charge in [-0.15, -0.1) is 0 Å². The summed E-state index contributed by atoms with van der Waals surface area (Å²) in [5, 5.41) is 7.59. The molecule has 0 aliphatic heterocycles. The van der Waals surface area contributed by atoms with Gasteiger partial charge in [-0.1, -0.05) is 6.07 Å². The molecule has 0 radical (unpaired) electrons. The number of fused-ring (bicyclic) bond motifs is 1. The maximum Gasteiger partial charge on any atom is 0.229 e. The molecule has 8 heteroatoms. The van der Waals surface area contributed by atoms with Crippen LogP contribution >= 0.6 is 0 Å². The number of methoxy groups -OCH3 is 3. The quantitative estimate of drug-likeness (QED) is 0.441. The first-order chi connectivity index (χ1) is 15.1. The van der Waals surface area contributed by atoms with E-state index in [1.165, 1.54) is 0 Å². The van der Waals surface area contributed by atoms with Gasteiger partial charge in [0.15, 0.2) is 11.5 Å². The normalized spacial score (nSPS) is 10.6. The van der Waals surface area contributed by atoms with Crippen LogP contribution in [0.2, 0.25) is 0 Å². The minimum Gasteiger partial charge on any atom is -0.493 e. The minimum absolute atomic E-state index is 0.484. The second kappa shape index (κ2) is 8.74. The van der Waals surface area contributed by atoms with Gasteiger partial charge < -0.3 is 24.8 Å². The Bertz CT molecular complexity index is 1200. The number of nitrogens with zero attached hydrogens (tertiary/aromatic N) is 3. The van der Waals surface area contributed by atoms with Crippen molar-refractivity contribution in [3.05, 3.63) is 60.4 Å². The Morgan fingerprint density at radius 1 is 0.774 bits per heavy atom. The monoisotopic (exact) mass is 417 g/mol. The molecule has 0 spiro atoms. The highest BCUT2D eigenvalue weighted by Crippen LogP contribution is 2.40.